The molecule has 32 heavy (non-hydrogen) atoms. The zero-order valence-electron chi connectivity index (χ0n) is 20.0. The highest BCUT2D eigenvalue weighted by Crippen LogP contribution is 2.14. The molecule has 0 heterocycles. The Kier molecular flexibility index (Phi) is 14.0. The smallest absolute Gasteiger partial charge is 0.338 e. The van der Waals surface area contributed by atoms with E-state index in [1.54, 1.807) is 0 Å². The normalized spacial score (nSPS) is 10.8. The maximum absolute atomic E-state index is 12.2. The fourth-order valence-corrected chi connectivity index (χ4v) is 3.87. The first-order valence-electron chi connectivity index (χ1n) is 12.7. The number of rotatable bonds is 18. The third-order valence-corrected chi connectivity index (χ3v) is 5.84. The number of hydrogen-bond acceptors (Lipinski definition) is 3. The van der Waals surface area contributed by atoms with Gasteiger partial charge >= 0.3 is 5.97 Å². The molecule has 0 spiro atoms. The van der Waals surface area contributed by atoms with Gasteiger partial charge in [-0.3, -0.25) is 0 Å². The highest BCUT2D eigenvalue weighted by molar-refractivity contribution is 5.89. The van der Waals surface area contributed by atoms with Gasteiger partial charge in [0, 0.05) is 0 Å². The summed E-state index contributed by atoms with van der Waals surface area (Å²) < 4.78 is 10.8. The molecule has 176 valence electrons. The first-order valence-corrected chi connectivity index (χ1v) is 12.7. The molecule has 0 aliphatic heterocycles. The van der Waals surface area contributed by atoms with Gasteiger partial charge in [-0.15, -0.1) is 0 Å². The molecule has 2 rings (SSSR count). The van der Waals surface area contributed by atoms with Gasteiger partial charge in [0.1, 0.15) is 19.0 Å². The van der Waals surface area contributed by atoms with Crippen LogP contribution >= 0.6 is 0 Å². The predicted molar refractivity (Wildman–Crippen MR) is 133 cm³/mol. The van der Waals surface area contributed by atoms with E-state index in [9.17, 15) is 4.79 Å². The highest BCUT2D eigenvalue weighted by Gasteiger charge is 2.07. The maximum Gasteiger partial charge on any atom is 0.338 e. The molecule has 2 aromatic carbocycles. The average Bonchev–Trinajstić information content (AvgIpc) is 2.83. The third-order valence-electron chi connectivity index (χ3n) is 5.84. The van der Waals surface area contributed by atoms with Gasteiger partial charge in [-0.1, -0.05) is 108 Å². The van der Waals surface area contributed by atoms with Crippen LogP contribution in [0.5, 0.6) is 5.75 Å². The molecule has 0 bridgehead atoms. The number of carbonyl (C=O) groups is 1. The average molecular weight is 439 g/mol. The van der Waals surface area contributed by atoms with E-state index >= 15 is 0 Å². The molecular weight excluding hydrogens is 396 g/mol. The van der Waals surface area contributed by atoms with Crippen LogP contribution in [-0.2, 0) is 11.2 Å². The van der Waals surface area contributed by atoms with Crippen LogP contribution in [0.15, 0.2) is 54.6 Å². The minimum atomic E-state index is -0.293. The summed E-state index contributed by atoms with van der Waals surface area (Å²) in [5.41, 5.74) is 1.89. The minimum absolute atomic E-state index is 0.244. The van der Waals surface area contributed by atoms with E-state index in [1.807, 2.05) is 42.5 Å². The van der Waals surface area contributed by atoms with Gasteiger partial charge in [-0.25, -0.2) is 4.79 Å². The Balaban J connectivity index is 1.47. The molecule has 0 aliphatic carbocycles. The molecule has 3 nitrogen and oxygen atoms in total. The molecule has 0 aliphatic rings. The van der Waals surface area contributed by atoms with Crippen LogP contribution in [0, 0.1) is 0 Å². The molecule has 0 N–H and O–H groups in total. The van der Waals surface area contributed by atoms with Crippen LogP contribution in [0.3, 0.4) is 0 Å². The zero-order valence-corrected chi connectivity index (χ0v) is 20.0. The van der Waals surface area contributed by atoms with Gasteiger partial charge in [0.15, 0.2) is 0 Å². The summed E-state index contributed by atoms with van der Waals surface area (Å²) >= 11 is 0. The molecule has 0 radical (unpaired) electrons. The van der Waals surface area contributed by atoms with Crippen LogP contribution in [0.1, 0.15) is 99.9 Å². The summed E-state index contributed by atoms with van der Waals surface area (Å²) in [7, 11) is 0. The number of carbonyl (C=O) groups excluding carboxylic acids is 1. The van der Waals surface area contributed by atoms with Crippen LogP contribution in [0.25, 0.3) is 0 Å². The molecular formula is C29H42O3. The largest absolute Gasteiger partial charge is 0.490 e. The summed E-state index contributed by atoms with van der Waals surface area (Å²) in [6.07, 6.45) is 17.5. The Hall–Kier alpha value is -2.29. The molecule has 0 unspecified atom stereocenters. The van der Waals surface area contributed by atoms with Gasteiger partial charge < -0.3 is 9.47 Å². The molecule has 0 saturated carbocycles. The van der Waals surface area contributed by atoms with Gasteiger partial charge in [-0.2, -0.15) is 0 Å². The van der Waals surface area contributed by atoms with Crippen molar-refractivity contribution in [2.24, 2.45) is 0 Å². The molecule has 2 aromatic rings. The van der Waals surface area contributed by atoms with Gasteiger partial charge in [0.2, 0.25) is 0 Å². The first kappa shape index (κ1) is 26.0. The van der Waals surface area contributed by atoms with Crippen molar-refractivity contribution in [1.82, 2.24) is 0 Å². The van der Waals surface area contributed by atoms with E-state index in [-0.39, 0.29) is 12.6 Å². The van der Waals surface area contributed by atoms with Crippen LogP contribution in [0.2, 0.25) is 0 Å². The van der Waals surface area contributed by atoms with E-state index in [0.717, 1.165) is 12.2 Å². The molecule has 0 fully saturated rings. The lowest BCUT2D eigenvalue weighted by Gasteiger charge is -2.08. The number of benzene rings is 2. The summed E-state index contributed by atoms with van der Waals surface area (Å²) in [5, 5.41) is 0. The second-order valence-electron chi connectivity index (χ2n) is 8.63. The van der Waals surface area contributed by atoms with Crippen LogP contribution < -0.4 is 4.74 Å². The van der Waals surface area contributed by atoms with Crippen LogP contribution in [0.4, 0.5) is 0 Å². The number of aryl methyl sites for hydroxylation is 1. The molecule has 3 heteroatoms. The lowest BCUT2D eigenvalue weighted by Crippen LogP contribution is -2.12. The summed E-state index contributed by atoms with van der Waals surface area (Å²) in [5.74, 6) is 0.490. The molecule has 0 aromatic heterocycles. The summed E-state index contributed by atoms with van der Waals surface area (Å²) in [6, 6.07) is 17.4. The van der Waals surface area contributed by atoms with Crippen molar-refractivity contribution in [1.29, 1.82) is 0 Å². The fourth-order valence-electron chi connectivity index (χ4n) is 3.87. The van der Waals surface area contributed by atoms with E-state index in [2.05, 4.69) is 19.1 Å². The van der Waals surface area contributed by atoms with Crippen molar-refractivity contribution >= 4 is 5.97 Å². The van der Waals surface area contributed by atoms with Crippen molar-refractivity contribution in [2.75, 3.05) is 13.2 Å². The quantitative estimate of drug-likeness (QED) is 0.174. The highest BCUT2D eigenvalue weighted by atomic mass is 16.6. The number of ether oxygens (including phenoxy) is 2. The Bertz CT molecular complexity index is 709. The second kappa shape index (κ2) is 17.3. The van der Waals surface area contributed by atoms with Crippen molar-refractivity contribution in [3.05, 3.63) is 65.7 Å². The van der Waals surface area contributed by atoms with E-state index in [0.29, 0.717) is 12.2 Å². The lowest BCUT2D eigenvalue weighted by atomic mass is 10.0. The minimum Gasteiger partial charge on any atom is -0.490 e. The van der Waals surface area contributed by atoms with Crippen molar-refractivity contribution < 1.29 is 14.3 Å². The third kappa shape index (κ3) is 11.9. The Morgan fingerprint density at radius 3 is 1.81 bits per heavy atom. The molecule has 0 atom stereocenters. The van der Waals surface area contributed by atoms with Crippen molar-refractivity contribution in [3.8, 4) is 5.75 Å². The van der Waals surface area contributed by atoms with E-state index < -0.39 is 0 Å². The maximum atomic E-state index is 12.2. The number of para-hydroxylation sites is 1. The summed E-state index contributed by atoms with van der Waals surface area (Å²) in [4.78, 5) is 12.2. The number of esters is 1. The number of unbranched alkanes of at least 4 members (excludes halogenated alkanes) is 11. The zero-order chi connectivity index (χ0) is 22.7. The SMILES string of the molecule is CCCCCCCCCCCCCCc1ccc(C(=O)OCCOc2ccccc2)cc1. The summed E-state index contributed by atoms with van der Waals surface area (Å²) in [6.45, 7) is 2.87. The molecule has 0 saturated heterocycles. The number of hydrogen-bond donors (Lipinski definition) is 0. The van der Waals surface area contributed by atoms with Gasteiger partial charge in [-0.05, 0) is 42.7 Å². The van der Waals surface area contributed by atoms with Crippen molar-refractivity contribution in [3.63, 3.8) is 0 Å². The first-order chi connectivity index (χ1) is 15.8. The van der Waals surface area contributed by atoms with Gasteiger partial charge in [0.25, 0.3) is 0 Å². The monoisotopic (exact) mass is 438 g/mol. The Morgan fingerprint density at radius 2 is 1.22 bits per heavy atom. The standard InChI is InChI=1S/C29H42O3/c1-2-3-4-5-6-7-8-9-10-11-12-14-17-26-20-22-27(23-21-26)29(30)32-25-24-31-28-18-15-13-16-19-28/h13,15-16,18-23H,2-12,14,17,24-25H2,1H3. The predicted octanol–water partition coefficient (Wildman–Crippen LogP) is 8.17. The Labute approximate surface area is 195 Å². The topological polar surface area (TPSA) is 35.5 Å². The lowest BCUT2D eigenvalue weighted by molar-refractivity contribution is 0.0450. The Morgan fingerprint density at radius 1 is 0.656 bits per heavy atom. The molecule has 0 amide bonds. The fraction of sp³-hybridized carbons (Fsp3) is 0.552. The van der Waals surface area contributed by atoms with E-state index in [4.69, 9.17) is 9.47 Å². The van der Waals surface area contributed by atoms with Crippen LogP contribution in [-0.4, -0.2) is 19.2 Å². The van der Waals surface area contributed by atoms with Crippen molar-refractivity contribution in [2.45, 2.75) is 90.4 Å². The second-order valence-corrected chi connectivity index (χ2v) is 8.63. The van der Waals surface area contributed by atoms with Gasteiger partial charge in [0.05, 0.1) is 5.56 Å². The van der Waals surface area contributed by atoms with E-state index in [1.165, 1.54) is 82.6 Å².